The molecular weight excluding hydrogens is 475 g/mol. The van der Waals surface area contributed by atoms with E-state index in [0.717, 1.165) is 26.1 Å². The highest BCUT2D eigenvalue weighted by Crippen LogP contribution is 2.40. The third kappa shape index (κ3) is 6.56. The number of ether oxygens (including phenoxy) is 2. The van der Waals surface area contributed by atoms with Crippen LogP contribution in [0.3, 0.4) is 0 Å². The molecule has 1 amide bonds. The van der Waals surface area contributed by atoms with E-state index in [1.165, 1.54) is 29.2 Å². The van der Waals surface area contributed by atoms with Crippen molar-refractivity contribution >= 4 is 17.4 Å². The number of hydrogen-bond acceptors (Lipinski definition) is 6. The molecule has 2 saturated heterocycles. The third-order valence-electron chi connectivity index (χ3n) is 6.77. The topological polar surface area (TPSA) is 79.3 Å². The maximum atomic E-state index is 13.5. The molecule has 1 N–H and O–H groups in total. The number of rotatable bonds is 10. The molecule has 0 saturated carbocycles. The van der Waals surface area contributed by atoms with Crippen LogP contribution in [0.5, 0.6) is 5.75 Å². The molecule has 7 nitrogen and oxygen atoms in total. The predicted octanol–water partition coefficient (Wildman–Crippen LogP) is 4.39. The van der Waals surface area contributed by atoms with Crippen LogP contribution in [0.25, 0.3) is 5.76 Å². The first kappa shape index (κ1) is 26.8. The number of hydrogen-bond donors (Lipinski definition) is 1. The molecule has 0 aliphatic carbocycles. The lowest BCUT2D eigenvalue weighted by Gasteiger charge is -2.29. The highest BCUT2D eigenvalue weighted by molar-refractivity contribution is 6.46. The highest BCUT2D eigenvalue weighted by Gasteiger charge is 2.46. The van der Waals surface area contributed by atoms with Gasteiger partial charge in [-0.2, -0.15) is 0 Å². The van der Waals surface area contributed by atoms with Gasteiger partial charge in [-0.05, 0) is 60.7 Å². The second-order valence-electron chi connectivity index (χ2n) is 9.91. The van der Waals surface area contributed by atoms with E-state index in [-0.39, 0.29) is 16.9 Å². The normalized spacial score (nSPS) is 20.1. The maximum absolute atomic E-state index is 13.5. The summed E-state index contributed by atoms with van der Waals surface area (Å²) in [6.07, 6.45) is 1.57. The Bertz CT molecular complexity index is 1130. The summed E-state index contributed by atoms with van der Waals surface area (Å²) in [6.45, 7) is 8.97. The van der Waals surface area contributed by atoms with Gasteiger partial charge in [0, 0.05) is 31.7 Å². The number of likely N-dealkylation sites (tertiary alicyclic amines) is 1. The van der Waals surface area contributed by atoms with Gasteiger partial charge < -0.3 is 19.5 Å². The molecule has 0 radical (unpaired) electrons. The molecule has 0 aromatic heterocycles. The lowest BCUT2D eigenvalue weighted by molar-refractivity contribution is -0.140. The predicted molar refractivity (Wildman–Crippen MR) is 139 cm³/mol. The fraction of sp³-hybridized carbons (Fsp3) is 0.448. The zero-order chi connectivity index (χ0) is 26.4. The van der Waals surface area contributed by atoms with Crippen molar-refractivity contribution in [1.82, 2.24) is 9.80 Å². The van der Waals surface area contributed by atoms with Gasteiger partial charge in [0.05, 0.1) is 31.4 Å². The fourth-order valence-electron chi connectivity index (χ4n) is 4.70. The number of benzene rings is 2. The van der Waals surface area contributed by atoms with Crippen LogP contribution < -0.4 is 4.74 Å². The number of amides is 1. The van der Waals surface area contributed by atoms with Crippen molar-refractivity contribution in [2.75, 3.05) is 46.0 Å². The number of aliphatic hydroxyl groups is 1. The third-order valence-corrected chi connectivity index (χ3v) is 6.77. The van der Waals surface area contributed by atoms with Crippen LogP contribution in [0.4, 0.5) is 4.39 Å². The number of morpholine rings is 1. The van der Waals surface area contributed by atoms with Gasteiger partial charge in [-0.25, -0.2) is 4.39 Å². The van der Waals surface area contributed by atoms with Crippen molar-refractivity contribution in [3.8, 4) is 5.75 Å². The van der Waals surface area contributed by atoms with E-state index in [2.05, 4.69) is 18.7 Å². The number of carbonyl (C=O) groups is 2. The van der Waals surface area contributed by atoms with Gasteiger partial charge in [-0.3, -0.25) is 14.5 Å². The average Bonchev–Trinajstić information content (AvgIpc) is 3.14. The zero-order valence-corrected chi connectivity index (χ0v) is 21.5. The number of halogens is 1. The summed E-state index contributed by atoms with van der Waals surface area (Å²) in [5, 5.41) is 11.2. The molecule has 8 heteroatoms. The number of carbonyl (C=O) groups excluding carboxylic acids is 2. The second kappa shape index (κ2) is 12.3. The quantitative estimate of drug-likeness (QED) is 0.290. The molecule has 1 unspecified atom stereocenters. The molecule has 2 aliphatic heterocycles. The summed E-state index contributed by atoms with van der Waals surface area (Å²) in [6, 6.07) is 11.8. The van der Waals surface area contributed by atoms with E-state index >= 15 is 0 Å². The zero-order valence-electron chi connectivity index (χ0n) is 21.5. The van der Waals surface area contributed by atoms with Crippen LogP contribution in [0.1, 0.15) is 43.9 Å². The Morgan fingerprint density at radius 1 is 1.11 bits per heavy atom. The van der Waals surface area contributed by atoms with Crippen molar-refractivity contribution in [2.45, 2.75) is 32.7 Å². The first-order chi connectivity index (χ1) is 17.8. The van der Waals surface area contributed by atoms with Crippen LogP contribution in [0.15, 0.2) is 54.1 Å². The van der Waals surface area contributed by atoms with Crippen LogP contribution in [0.2, 0.25) is 0 Å². The first-order valence-electron chi connectivity index (χ1n) is 12.9. The Balaban J connectivity index is 1.65. The van der Waals surface area contributed by atoms with E-state index in [1.807, 2.05) is 24.3 Å². The lowest BCUT2D eigenvalue weighted by atomic mass is 9.95. The van der Waals surface area contributed by atoms with Gasteiger partial charge >= 0.3 is 0 Å². The molecule has 0 spiro atoms. The standard InChI is InChI=1S/C29H35FN2O5/c1-20(2)11-16-37-24-6-3-5-22(19-24)26-25(27(33)21-7-9-23(30)10-8-21)28(34)29(35)32(26)13-4-12-31-14-17-36-18-15-31/h3,5-10,19-20,26,33H,4,11-18H2,1-2H3. The Morgan fingerprint density at radius 3 is 2.54 bits per heavy atom. The number of nitrogens with zero attached hydrogens (tertiary/aromatic N) is 2. The Kier molecular flexibility index (Phi) is 8.95. The number of Topliss-reactive ketones (excluding diaryl/α,β-unsaturated/α-hetero) is 1. The number of ketones is 1. The Morgan fingerprint density at radius 2 is 1.84 bits per heavy atom. The van der Waals surface area contributed by atoms with Gasteiger partial charge in [0.2, 0.25) is 0 Å². The summed E-state index contributed by atoms with van der Waals surface area (Å²) in [4.78, 5) is 30.3. The first-order valence-corrected chi connectivity index (χ1v) is 12.9. The summed E-state index contributed by atoms with van der Waals surface area (Å²) in [7, 11) is 0. The van der Waals surface area contributed by atoms with Crippen molar-refractivity contribution in [3.05, 3.63) is 71.0 Å². The van der Waals surface area contributed by atoms with Crippen LogP contribution >= 0.6 is 0 Å². The summed E-state index contributed by atoms with van der Waals surface area (Å²) < 4.78 is 24.8. The molecule has 1 atom stereocenters. The fourth-order valence-corrected chi connectivity index (χ4v) is 4.70. The van der Waals surface area contributed by atoms with Gasteiger partial charge in [0.25, 0.3) is 11.7 Å². The lowest BCUT2D eigenvalue weighted by Crippen LogP contribution is -2.38. The van der Waals surface area contributed by atoms with Crippen LogP contribution in [-0.2, 0) is 14.3 Å². The SMILES string of the molecule is CC(C)CCOc1cccc(C2C(=C(O)c3ccc(F)cc3)C(=O)C(=O)N2CCCN2CCOCC2)c1. The van der Waals surface area contributed by atoms with Crippen molar-refractivity contribution < 1.29 is 28.6 Å². The Hall–Kier alpha value is -3.23. The molecule has 37 heavy (non-hydrogen) atoms. The number of aliphatic hydroxyl groups excluding tert-OH is 1. The van der Waals surface area contributed by atoms with E-state index in [4.69, 9.17) is 9.47 Å². The second-order valence-corrected chi connectivity index (χ2v) is 9.91. The largest absolute Gasteiger partial charge is 0.507 e. The maximum Gasteiger partial charge on any atom is 0.295 e. The molecule has 2 aliphatic rings. The van der Waals surface area contributed by atoms with E-state index in [1.54, 1.807) is 0 Å². The monoisotopic (exact) mass is 510 g/mol. The molecule has 2 aromatic rings. The minimum atomic E-state index is -0.775. The Labute approximate surface area is 217 Å². The van der Waals surface area contributed by atoms with Crippen molar-refractivity contribution in [2.24, 2.45) is 5.92 Å². The summed E-state index contributed by atoms with van der Waals surface area (Å²) in [5.41, 5.74) is 0.959. The van der Waals surface area contributed by atoms with Gasteiger partial charge in [-0.1, -0.05) is 26.0 Å². The van der Waals surface area contributed by atoms with Crippen LogP contribution in [0, 0.1) is 11.7 Å². The van der Waals surface area contributed by atoms with Gasteiger partial charge in [0.15, 0.2) is 0 Å². The van der Waals surface area contributed by atoms with E-state index in [0.29, 0.717) is 50.0 Å². The van der Waals surface area contributed by atoms with Crippen molar-refractivity contribution in [3.63, 3.8) is 0 Å². The van der Waals surface area contributed by atoms with E-state index < -0.39 is 23.5 Å². The smallest absolute Gasteiger partial charge is 0.295 e. The highest BCUT2D eigenvalue weighted by atomic mass is 19.1. The van der Waals surface area contributed by atoms with Gasteiger partial charge in [0.1, 0.15) is 17.3 Å². The molecule has 2 heterocycles. The molecule has 0 bridgehead atoms. The molecule has 2 fully saturated rings. The molecule has 198 valence electrons. The van der Waals surface area contributed by atoms with Gasteiger partial charge in [-0.15, -0.1) is 0 Å². The van der Waals surface area contributed by atoms with Crippen molar-refractivity contribution in [1.29, 1.82) is 0 Å². The molecule has 4 rings (SSSR count). The molecule has 2 aromatic carbocycles. The van der Waals surface area contributed by atoms with E-state index in [9.17, 15) is 19.1 Å². The summed E-state index contributed by atoms with van der Waals surface area (Å²) in [5.74, 6) is -1.03. The summed E-state index contributed by atoms with van der Waals surface area (Å²) >= 11 is 0. The minimum Gasteiger partial charge on any atom is -0.507 e. The average molecular weight is 511 g/mol. The minimum absolute atomic E-state index is 0.00214. The molecular formula is C29H35FN2O5. The van der Waals surface area contributed by atoms with Crippen LogP contribution in [-0.4, -0.2) is 72.6 Å².